The molecule has 0 atom stereocenters. The molecule has 2 N–H and O–H groups in total. The van der Waals surface area contributed by atoms with Crippen molar-refractivity contribution in [1.29, 1.82) is 0 Å². The smallest absolute Gasteiger partial charge is 0.370 e. The van der Waals surface area contributed by atoms with Crippen LogP contribution in [-0.2, 0) is 9.59 Å². The molecule has 0 aliphatic carbocycles. The number of carbonyl (C=O) groups is 2. The van der Waals surface area contributed by atoms with Crippen LogP contribution in [0.3, 0.4) is 0 Å². The highest BCUT2D eigenvalue weighted by atomic mass is 16.2. The Morgan fingerprint density at radius 1 is 1.46 bits per heavy atom. The van der Waals surface area contributed by atoms with Crippen molar-refractivity contribution in [2.75, 3.05) is 0 Å². The lowest BCUT2D eigenvalue weighted by atomic mass is 10.2. The van der Waals surface area contributed by atoms with Crippen LogP contribution in [0, 0.1) is 6.92 Å². The molecule has 13 heavy (non-hydrogen) atoms. The summed E-state index contributed by atoms with van der Waals surface area (Å²) < 4.78 is 1.49. The van der Waals surface area contributed by atoms with E-state index in [-0.39, 0.29) is 24.8 Å². The Labute approximate surface area is 78.4 Å². The van der Waals surface area contributed by atoms with Crippen LogP contribution >= 0.6 is 0 Å². The van der Waals surface area contributed by atoms with E-state index in [9.17, 15) is 9.59 Å². The average Bonchev–Trinajstić information content (AvgIpc) is 2.01. The number of nitrogens with two attached hydrogens (primary N) is 1. The van der Waals surface area contributed by atoms with E-state index >= 15 is 0 Å². The topological polar surface area (TPSA) is 63.2 Å². The molecule has 0 heterocycles. The van der Waals surface area contributed by atoms with Crippen LogP contribution < -0.4 is 5.73 Å². The number of nitrogens with zero attached hydrogens (tertiary/aromatic N) is 1. The minimum absolute atomic E-state index is 0.0675. The van der Waals surface area contributed by atoms with Gasteiger partial charge in [-0.15, -0.1) is 0 Å². The Bertz CT molecular complexity index is 232. The lowest BCUT2D eigenvalue weighted by Gasteiger charge is -2.05. The highest BCUT2D eigenvalue weighted by molar-refractivity contribution is 5.80. The van der Waals surface area contributed by atoms with Crippen LogP contribution in [0.15, 0.2) is 0 Å². The van der Waals surface area contributed by atoms with E-state index in [1.807, 2.05) is 13.8 Å². The summed E-state index contributed by atoms with van der Waals surface area (Å²) in [5, 5.41) is 0. The molecule has 0 aliphatic rings. The minimum atomic E-state index is -0.457. The fourth-order valence-corrected chi connectivity index (χ4v) is 0.960. The molecule has 2 amide bonds. The summed E-state index contributed by atoms with van der Waals surface area (Å²) in [7, 11) is 0. The number of amides is 2. The summed E-state index contributed by atoms with van der Waals surface area (Å²) in [6.07, 6.45) is 1.71. The van der Waals surface area contributed by atoms with Gasteiger partial charge in [0.1, 0.15) is 0 Å². The van der Waals surface area contributed by atoms with Gasteiger partial charge in [0, 0.05) is 12.6 Å². The summed E-state index contributed by atoms with van der Waals surface area (Å²) in [4.78, 5) is 21.8. The number of hydrogen-bond acceptors (Lipinski definition) is 2. The monoisotopic (exact) mass is 184 g/mol. The van der Waals surface area contributed by atoms with Crippen LogP contribution in [0.5, 0.6) is 0 Å². The van der Waals surface area contributed by atoms with Crippen molar-refractivity contribution in [3.8, 4) is 0 Å². The van der Waals surface area contributed by atoms with Gasteiger partial charge in [0.25, 0.3) is 0 Å². The van der Waals surface area contributed by atoms with Crippen molar-refractivity contribution in [1.82, 2.24) is 0 Å². The zero-order valence-corrected chi connectivity index (χ0v) is 8.12. The Balaban J connectivity index is 4.17. The van der Waals surface area contributed by atoms with Crippen molar-refractivity contribution >= 4 is 18.0 Å². The first-order valence-electron chi connectivity index (χ1n) is 4.21. The second kappa shape index (κ2) is 5.35. The molecule has 0 radical (unpaired) electrons. The Hall–Kier alpha value is -1.32. The molecule has 0 unspecified atom stereocenters. The first-order chi connectivity index (χ1) is 5.99. The molecule has 0 aromatic heterocycles. The van der Waals surface area contributed by atoms with Gasteiger partial charge in [-0.1, -0.05) is 0 Å². The quantitative estimate of drug-likeness (QED) is 0.383. The zero-order valence-electron chi connectivity index (χ0n) is 8.12. The summed E-state index contributed by atoms with van der Waals surface area (Å²) in [5.41, 5.74) is 4.92. The van der Waals surface area contributed by atoms with Crippen molar-refractivity contribution < 1.29 is 14.2 Å². The maximum Gasteiger partial charge on any atom is 0.385 e. The van der Waals surface area contributed by atoms with E-state index in [4.69, 9.17) is 5.73 Å². The summed E-state index contributed by atoms with van der Waals surface area (Å²) in [5.74, 6) is -0.579. The predicted molar refractivity (Wildman–Crippen MR) is 50.3 cm³/mol. The van der Waals surface area contributed by atoms with E-state index in [0.29, 0.717) is 0 Å². The first-order valence-corrected chi connectivity index (χ1v) is 4.21. The zero-order chi connectivity index (χ0) is 10.4. The summed E-state index contributed by atoms with van der Waals surface area (Å²) in [6.45, 7) is 7.28. The second-order valence-electron chi connectivity index (χ2n) is 3.04. The third kappa shape index (κ3) is 4.30. The van der Waals surface area contributed by atoms with Gasteiger partial charge in [-0.2, -0.15) is 4.58 Å². The molecule has 4 heteroatoms. The van der Waals surface area contributed by atoms with E-state index in [1.54, 1.807) is 0 Å². The van der Waals surface area contributed by atoms with Gasteiger partial charge < -0.3 is 12.7 Å². The van der Waals surface area contributed by atoms with Crippen molar-refractivity contribution in [3.63, 3.8) is 0 Å². The normalized spacial score (nSPS) is 11.8. The van der Waals surface area contributed by atoms with Crippen LogP contribution in [0.4, 0.5) is 0 Å². The van der Waals surface area contributed by atoms with Crippen LogP contribution in [0.25, 0.3) is 0 Å². The van der Waals surface area contributed by atoms with Gasteiger partial charge in [0.05, 0.1) is 6.42 Å². The fourth-order valence-electron chi connectivity index (χ4n) is 0.960. The lowest BCUT2D eigenvalue weighted by Crippen LogP contribution is -2.29. The van der Waals surface area contributed by atoms with Gasteiger partial charge in [0.15, 0.2) is 6.04 Å². The van der Waals surface area contributed by atoms with Gasteiger partial charge in [-0.05, 0) is 13.8 Å². The predicted octanol–water partition coefficient (Wildman–Crippen LogP) is 0.104. The molecule has 0 saturated carbocycles. The van der Waals surface area contributed by atoms with E-state index < -0.39 is 5.91 Å². The third-order valence-electron chi connectivity index (χ3n) is 1.63. The molecule has 4 nitrogen and oxygen atoms in total. The Morgan fingerprint density at radius 2 is 2.00 bits per heavy atom. The van der Waals surface area contributed by atoms with Crippen LogP contribution in [0.1, 0.15) is 26.7 Å². The largest absolute Gasteiger partial charge is 0.385 e. The van der Waals surface area contributed by atoms with E-state index in [0.717, 1.165) is 0 Å². The standard InChI is InChI=1S/C9H16N2O2/c1-4-11(7(2)3)9(13)6-5-8(10)12/h4,7H,1,5-6H2,2-3H3,(H2,10,12)/b11-4+. The van der Waals surface area contributed by atoms with Gasteiger partial charge in [0.2, 0.25) is 5.91 Å². The van der Waals surface area contributed by atoms with E-state index in [2.05, 4.69) is 6.92 Å². The maximum atomic E-state index is 11.4. The molecule has 0 rings (SSSR count). The molecule has 0 aliphatic heterocycles. The number of rotatable bonds is 4. The number of carbonyl (C=O) groups excluding carboxylic acids is 2. The first kappa shape index (κ1) is 11.7. The number of hydrogen-bond donors (Lipinski definition) is 1. The van der Waals surface area contributed by atoms with Crippen molar-refractivity contribution in [2.45, 2.75) is 32.7 Å². The second-order valence-corrected chi connectivity index (χ2v) is 3.04. The van der Waals surface area contributed by atoms with Crippen LogP contribution in [-0.4, -0.2) is 28.6 Å². The van der Waals surface area contributed by atoms with Gasteiger partial charge in [-0.3, -0.25) is 4.79 Å². The number of primary amides is 1. The average molecular weight is 184 g/mol. The molecule has 74 valence electrons. The summed E-state index contributed by atoms with van der Waals surface area (Å²) >= 11 is 0. The minimum Gasteiger partial charge on any atom is -0.370 e. The highest BCUT2D eigenvalue weighted by Crippen LogP contribution is 1.96. The summed E-state index contributed by atoms with van der Waals surface area (Å²) in [6, 6.07) is 0.0675. The molecule has 0 aromatic rings. The molecule has 0 spiro atoms. The fraction of sp³-hybridized carbons (Fsp3) is 0.556. The molecular weight excluding hydrogens is 168 g/mol. The SMILES string of the molecule is [CH2-]/C=[N+](/C(=O)CCC(N)=O)C(C)C. The van der Waals surface area contributed by atoms with Crippen molar-refractivity contribution in [2.24, 2.45) is 5.73 Å². The van der Waals surface area contributed by atoms with Crippen molar-refractivity contribution in [3.05, 3.63) is 6.92 Å². The molecular formula is C9H16N2O2. The molecule has 0 fully saturated rings. The Morgan fingerprint density at radius 3 is 2.31 bits per heavy atom. The Kier molecular flexibility index (Phi) is 4.80. The van der Waals surface area contributed by atoms with Gasteiger partial charge >= 0.3 is 5.91 Å². The maximum absolute atomic E-state index is 11.4. The molecule has 0 bridgehead atoms. The lowest BCUT2D eigenvalue weighted by molar-refractivity contribution is -0.476. The highest BCUT2D eigenvalue weighted by Gasteiger charge is 2.18. The van der Waals surface area contributed by atoms with Crippen LogP contribution in [0.2, 0.25) is 0 Å². The van der Waals surface area contributed by atoms with E-state index in [1.165, 1.54) is 10.8 Å². The molecule has 0 saturated heterocycles. The molecule has 0 aromatic carbocycles. The third-order valence-corrected chi connectivity index (χ3v) is 1.63. The van der Waals surface area contributed by atoms with Gasteiger partial charge in [-0.25, -0.2) is 4.79 Å².